The average Bonchev–Trinajstić information content (AvgIpc) is 2.14. The molecule has 2 nitrogen and oxygen atoms in total. The molecule has 0 aliphatic carbocycles. The van der Waals surface area contributed by atoms with E-state index >= 15 is 0 Å². The molecule has 1 aromatic heterocycles. The highest BCUT2D eigenvalue weighted by Gasteiger charge is 1.96. The van der Waals surface area contributed by atoms with Crippen LogP contribution in [0.4, 0.5) is 0 Å². The molecule has 0 amide bonds. The number of aryl methyl sites for hydroxylation is 1. The van der Waals surface area contributed by atoms with E-state index in [0.29, 0.717) is 0 Å². The van der Waals surface area contributed by atoms with Crippen molar-refractivity contribution in [2.75, 3.05) is 0 Å². The highest BCUT2D eigenvalue weighted by Crippen LogP contribution is 2.04. The first-order chi connectivity index (χ1) is 4.74. The summed E-state index contributed by atoms with van der Waals surface area (Å²) < 4.78 is 1.43. The third-order valence-corrected chi connectivity index (χ3v) is 1.44. The van der Waals surface area contributed by atoms with E-state index in [0.717, 1.165) is 11.5 Å². The van der Waals surface area contributed by atoms with Crippen molar-refractivity contribution in [1.29, 1.82) is 0 Å². The monoisotopic (exact) mass is 154 g/mol. The molecule has 0 unspecified atom stereocenters. The van der Waals surface area contributed by atoms with Gasteiger partial charge in [0.15, 0.2) is 0 Å². The maximum Gasteiger partial charge on any atom is 0.121 e. The first kappa shape index (κ1) is 7.13. The van der Waals surface area contributed by atoms with Crippen LogP contribution in [0.3, 0.4) is 0 Å². The van der Waals surface area contributed by atoms with Gasteiger partial charge in [-0.15, -0.1) is 5.73 Å². The van der Waals surface area contributed by atoms with Crippen LogP contribution in [0.15, 0.2) is 18.5 Å². The second kappa shape index (κ2) is 2.74. The van der Waals surface area contributed by atoms with Crippen LogP contribution in [0.25, 0.3) is 6.08 Å². The lowest BCUT2D eigenvalue weighted by molar-refractivity contribution is 1.08. The van der Waals surface area contributed by atoms with Crippen molar-refractivity contribution in [2.45, 2.75) is 6.92 Å². The highest BCUT2D eigenvalue weighted by molar-refractivity contribution is 6.15. The molecule has 0 aliphatic rings. The number of nitrogens with zero attached hydrogens (tertiary/aromatic N) is 2. The Morgan fingerprint density at radius 3 is 3.00 bits per heavy atom. The van der Waals surface area contributed by atoms with Crippen molar-refractivity contribution in [1.82, 2.24) is 9.07 Å². The van der Waals surface area contributed by atoms with Gasteiger partial charge < -0.3 is 0 Å². The number of aromatic nitrogens is 2. The number of halogens is 1. The molecule has 3 heteroatoms. The lowest BCUT2D eigenvalue weighted by Crippen LogP contribution is -1.79. The van der Waals surface area contributed by atoms with E-state index < -0.39 is 0 Å². The summed E-state index contributed by atoms with van der Waals surface area (Å²) in [5.74, 6) is 0.767. The quantitative estimate of drug-likeness (QED) is 0.566. The largest absolute Gasteiger partial charge is 0.245 e. The molecule has 0 saturated carbocycles. The molecule has 0 aromatic carbocycles. The molecule has 10 heavy (non-hydrogen) atoms. The second-order valence-electron chi connectivity index (χ2n) is 1.87. The molecule has 1 aromatic rings. The summed E-state index contributed by atoms with van der Waals surface area (Å²) >= 11 is 5.65. The van der Waals surface area contributed by atoms with E-state index in [1.54, 1.807) is 12.3 Å². The summed E-state index contributed by atoms with van der Waals surface area (Å²) in [6.45, 7) is 5.25. The molecule has 0 fully saturated rings. The molecule has 0 bridgehead atoms. The third kappa shape index (κ3) is 1.29. The van der Waals surface area contributed by atoms with Gasteiger partial charge in [0.25, 0.3) is 0 Å². The van der Waals surface area contributed by atoms with Crippen LogP contribution < -0.4 is 0 Å². The van der Waals surface area contributed by atoms with E-state index in [1.807, 2.05) is 6.92 Å². The fraction of sp³-hybridized carbons (Fsp3) is 0.143. The van der Waals surface area contributed by atoms with Gasteiger partial charge in [-0.1, -0.05) is 6.58 Å². The fourth-order valence-electron chi connectivity index (χ4n) is 0.647. The van der Waals surface area contributed by atoms with Crippen molar-refractivity contribution in [3.63, 3.8) is 0 Å². The SMILES string of the molecule is C=C=Cc1cn(Cl)c(C)n1. The first-order valence-corrected chi connectivity index (χ1v) is 3.16. The van der Waals surface area contributed by atoms with Crippen molar-refractivity contribution < 1.29 is 0 Å². The van der Waals surface area contributed by atoms with Gasteiger partial charge in [0.05, 0.1) is 5.69 Å². The van der Waals surface area contributed by atoms with Crippen LogP contribution in [0.2, 0.25) is 0 Å². The Hall–Kier alpha value is -0.980. The Labute approximate surface area is 64.6 Å². The maximum absolute atomic E-state index is 5.65. The van der Waals surface area contributed by atoms with Gasteiger partial charge in [-0.3, -0.25) is 0 Å². The van der Waals surface area contributed by atoms with Gasteiger partial charge in [-0.25, -0.2) is 9.07 Å². The number of rotatable bonds is 1. The third-order valence-electron chi connectivity index (χ3n) is 1.10. The number of hydrogen-bond donors (Lipinski definition) is 0. The van der Waals surface area contributed by atoms with E-state index in [9.17, 15) is 0 Å². The summed E-state index contributed by atoms with van der Waals surface area (Å²) in [6.07, 6.45) is 3.38. The van der Waals surface area contributed by atoms with Crippen molar-refractivity contribution in [2.24, 2.45) is 0 Å². The van der Waals surface area contributed by atoms with Crippen molar-refractivity contribution in [3.05, 3.63) is 30.0 Å². The predicted molar refractivity (Wildman–Crippen MR) is 41.8 cm³/mol. The van der Waals surface area contributed by atoms with Crippen LogP contribution >= 0.6 is 11.8 Å². The van der Waals surface area contributed by atoms with Gasteiger partial charge in [0.1, 0.15) is 5.82 Å². The molecule has 0 spiro atoms. The predicted octanol–water partition coefficient (Wildman–Crippen LogP) is 1.99. The Morgan fingerprint density at radius 1 is 1.90 bits per heavy atom. The molecular weight excluding hydrogens is 148 g/mol. The molecule has 0 N–H and O–H groups in total. The lowest BCUT2D eigenvalue weighted by atomic mass is 10.5. The van der Waals surface area contributed by atoms with E-state index in [1.165, 1.54) is 4.09 Å². The second-order valence-corrected chi connectivity index (χ2v) is 2.24. The fourth-order valence-corrected chi connectivity index (χ4v) is 0.785. The number of hydrogen-bond acceptors (Lipinski definition) is 1. The van der Waals surface area contributed by atoms with Gasteiger partial charge in [-0.2, -0.15) is 0 Å². The average molecular weight is 155 g/mol. The molecule has 1 heterocycles. The van der Waals surface area contributed by atoms with Crippen LogP contribution in [-0.2, 0) is 0 Å². The Balaban J connectivity index is 3.09. The number of imidazole rings is 1. The first-order valence-electron chi connectivity index (χ1n) is 2.82. The lowest BCUT2D eigenvalue weighted by Gasteiger charge is -1.82. The minimum absolute atomic E-state index is 0.767. The smallest absolute Gasteiger partial charge is 0.121 e. The maximum atomic E-state index is 5.65. The molecular formula is C7H7ClN2. The Morgan fingerprint density at radius 2 is 2.60 bits per heavy atom. The molecule has 1 rings (SSSR count). The zero-order valence-corrected chi connectivity index (χ0v) is 6.39. The Bertz CT molecular complexity index is 262. The van der Waals surface area contributed by atoms with Gasteiger partial charge in [-0.05, 0) is 6.92 Å². The topological polar surface area (TPSA) is 17.8 Å². The van der Waals surface area contributed by atoms with Gasteiger partial charge >= 0.3 is 0 Å². The molecule has 0 atom stereocenters. The van der Waals surface area contributed by atoms with Gasteiger partial charge in [0, 0.05) is 24.0 Å². The van der Waals surface area contributed by atoms with Crippen LogP contribution in [0, 0.1) is 6.92 Å². The molecule has 52 valence electrons. The van der Waals surface area contributed by atoms with E-state index in [2.05, 4.69) is 17.3 Å². The molecule has 0 aliphatic heterocycles. The molecule has 0 saturated heterocycles. The summed E-state index contributed by atoms with van der Waals surface area (Å²) in [6, 6.07) is 0. The zero-order valence-electron chi connectivity index (χ0n) is 5.63. The Kier molecular flexibility index (Phi) is 1.95. The minimum atomic E-state index is 0.767. The zero-order chi connectivity index (χ0) is 7.56. The van der Waals surface area contributed by atoms with Crippen LogP contribution in [0.5, 0.6) is 0 Å². The van der Waals surface area contributed by atoms with E-state index in [-0.39, 0.29) is 0 Å². The minimum Gasteiger partial charge on any atom is -0.245 e. The highest BCUT2D eigenvalue weighted by atomic mass is 35.5. The summed E-state index contributed by atoms with van der Waals surface area (Å²) in [4.78, 5) is 4.07. The summed E-state index contributed by atoms with van der Waals surface area (Å²) in [5.41, 5.74) is 3.40. The van der Waals surface area contributed by atoms with Crippen LogP contribution in [-0.4, -0.2) is 9.07 Å². The normalized spacial score (nSPS) is 9.00. The van der Waals surface area contributed by atoms with Gasteiger partial charge in [0.2, 0.25) is 0 Å². The van der Waals surface area contributed by atoms with Crippen molar-refractivity contribution in [3.8, 4) is 0 Å². The molecule has 0 radical (unpaired) electrons. The summed E-state index contributed by atoms with van der Waals surface area (Å²) in [5, 5.41) is 0. The van der Waals surface area contributed by atoms with Crippen molar-refractivity contribution >= 4 is 17.9 Å². The van der Waals surface area contributed by atoms with E-state index in [4.69, 9.17) is 11.8 Å². The standard InChI is InChI=1S/C7H7ClN2/c1-3-4-7-5-10(8)6(2)9-7/h4-5H,1H2,2H3. The van der Waals surface area contributed by atoms with Crippen LogP contribution in [0.1, 0.15) is 11.5 Å². The summed E-state index contributed by atoms with van der Waals surface area (Å²) in [7, 11) is 0.